The predicted molar refractivity (Wildman–Crippen MR) is 61.4 cm³/mol. The van der Waals surface area contributed by atoms with Crippen LogP contribution in [0.3, 0.4) is 0 Å². The Balaban J connectivity index is 2.57. The number of rotatable bonds is 5. The Morgan fingerprint density at radius 2 is 2.00 bits per heavy atom. The van der Waals surface area contributed by atoms with E-state index in [-0.39, 0.29) is 5.25 Å². The first-order valence-electron chi connectivity index (χ1n) is 4.89. The van der Waals surface area contributed by atoms with Crippen LogP contribution in [0.1, 0.15) is 18.9 Å². The summed E-state index contributed by atoms with van der Waals surface area (Å²) in [5, 5.41) is 0.134. The molecule has 0 aromatic heterocycles. The highest BCUT2D eigenvalue weighted by molar-refractivity contribution is 7.84. The van der Waals surface area contributed by atoms with Crippen molar-refractivity contribution < 1.29 is 4.21 Å². The van der Waals surface area contributed by atoms with Crippen molar-refractivity contribution in [2.75, 3.05) is 6.54 Å². The van der Waals surface area contributed by atoms with Gasteiger partial charge in [0.2, 0.25) is 0 Å². The minimum absolute atomic E-state index is 0.134. The van der Waals surface area contributed by atoms with Gasteiger partial charge in [0.1, 0.15) is 0 Å². The third kappa shape index (κ3) is 3.24. The van der Waals surface area contributed by atoms with Crippen LogP contribution in [0.5, 0.6) is 0 Å². The van der Waals surface area contributed by atoms with Crippen molar-refractivity contribution in [3.05, 3.63) is 35.9 Å². The molecule has 3 heteroatoms. The Morgan fingerprint density at radius 3 is 2.50 bits per heavy atom. The van der Waals surface area contributed by atoms with Crippen molar-refractivity contribution in [3.8, 4) is 0 Å². The summed E-state index contributed by atoms with van der Waals surface area (Å²) in [5.74, 6) is 0.622. The summed E-state index contributed by atoms with van der Waals surface area (Å²) in [7, 11) is -0.834. The van der Waals surface area contributed by atoms with Crippen LogP contribution in [-0.4, -0.2) is 16.0 Å². The van der Waals surface area contributed by atoms with E-state index in [2.05, 4.69) is 0 Å². The number of benzene rings is 1. The maximum absolute atomic E-state index is 11.8. The summed E-state index contributed by atoms with van der Waals surface area (Å²) < 4.78 is 11.8. The molecule has 2 unspecified atom stereocenters. The zero-order valence-electron chi connectivity index (χ0n) is 8.48. The number of nitrogens with two attached hydrogens (primary N) is 1. The van der Waals surface area contributed by atoms with E-state index in [0.29, 0.717) is 12.3 Å². The zero-order chi connectivity index (χ0) is 10.4. The van der Waals surface area contributed by atoms with Crippen LogP contribution in [0.4, 0.5) is 0 Å². The third-order valence-electron chi connectivity index (χ3n) is 2.24. The summed E-state index contributed by atoms with van der Waals surface area (Å²) >= 11 is 0. The van der Waals surface area contributed by atoms with Crippen molar-refractivity contribution in [3.63, 3.8) is 0 Å². The molecular formula is C11H17NOS. The summed E-state index contributed by atoms with van der Waals surface area (Å²) in [6.45, 7) is 2.54. The van der Waals surface area contributed by atoms with E-state index in [0.717, 1.165) is 12.0 Å². The zero-order valence-corrected chi connectivity index (χ0v) is 9.30. The van der Waals surface area contributed by atoms with Gasteiger partial charge in [-0.1, -0.05) is 37.3 Å². The smallest absolute Gasteiger partial charge is 0.0488 e. The van der Waals surface area contributed by atoms with Crippen LogP contribution in [0.15, 0.2) is 30.3 Å². The molecule has 0 saturated carbocycles. The van der Waals surface area contributed by atoms with Gasteiger partial charge >= 0.3 is 0 Å². The number of hydrogen-bond acceptors (Lipinski definition) is 2. The Labute approximate surface area is 88.0 Å². The Kier molecular flexibility index (Phi) is 4.84. The Morgan fingerprint density at radius 1 is 1.36 bits per heavy atom. The predicted octanol–water partition coefficient (Wildman–Crippen LogP) is 1.67. The molecule has 0 aliphatic rings. The van der Waals surface area contributed by atoms with E-state index in [9.17, 15) is 4.21 Å². The highest BCUT2D eigenvalue weighted by Gasteiger charge is 2.12. The summed E-state index contributed by atoms with van der Waals surface area (Å²) in [6, 6.07) is 9.90. The molecular weight excluding hydrogens is 194 g/mol. The molecule has 0 aliphatic heterocycles. The van der Waals surface area contributed by atoms with Crippen LogP contribution >= 0.6 is 0 Å². The lowest BCUT2D eigenvalue weighted by Crippen LogP contribution is -2.25. The molecule has 1 aromatic carbocycles. The van der Waals surface area contributed by atoms with Crippen molar-refractivity contribution in [1.82, 2.24) is 0 Å². The first-order valence-corrected chi connectivity index (χ1v) is 6.27. The van der Waals surface area contributed by atoms with E-state index in [1.54, 1.807) is 0 Å². The minimum Gasteiger partial charge on any atom is -0.329 e. The molecule has 0 bridgehead atoms. The van der Waals surface area contributed by atoms with Gasteiger partial charge in [0.15, 0.2) is 0 Å². The standard InChI is InChI=1S/C11H17NOS/c1-2-11(8-12)14(13)9-10-6-4-3-5-7-10/h3-7,11H,2,8-9,12H2,1H3. The Bertz CT molecular complexity index is 283. The monoisotopic (exact) mass is 211 g/mol. The molecule has 2 nitrogen and oxygen atoms in total. The molecule has 0 saturated heterocycles. The average molecular weight is 211 g/mol. The van der Waals surface area contributed by atoms with E-state index < -0.39 is 10.8 Å². The van der Waals surface area contributed by atoms with Crippen LogP contribution in [0.2, 0.25) is 0 Å². The molecule has 0 aliphatic carbocycles. The fourth-order valence-corrected chi connectivity index (χ4v) is 2.66. The van der Waals surface area contributed by atoms with Crippen LogP contribution < -0.4 is 5.73 Å². The summed E-state index contributed by atoms with van der Waals surface area (Å²) in [5.41, 5.74) is 6.67. The maximum Gasteiger partial charge on any atom is 0.0488 e. The molecule has 78 valence electrons. The Hall–Kier alpha value is -0.670. The highest BCUT2D eigenvalue weighted by Crippen LogP contribution is 2.08. The van der Waals surface area contributed by atoms with Gasteiger partial charge in [0, 0.05) is 28.3 Å². The van der Waals surface area contributed by atoms with Crippen molar-refractivity contribution in [2.24, 2.45) is 5.73 Å². The topological polar surface area (TPSA) is 43.1 Å². The fraction of sp³-hybridized carbons (Fsp3) is 0.455. The van der Waals surface area contributed by atoms with Gasteiger partial charge in [-0.15, -0.1) is 0 Å². The first-order chi connectivity index (χ1) is 6.77. The van der Waals surface area contributed by atoms with Crippen molar-refractivity contribution in [2.45, 2.75) is 24.3 Å². The lowest BCUT2D eigenvalue weighted by Gasteiger charge is -2.11. The second kappa shape index (κ2) is 5.94. The molecule has 1 aromatic rings. The van der Waals surface area contributed by atoms with Crippen LogP contribution in [0.25, 0.3) is 0 Å². The molecule has 14 heavy (non-hydrogen) atoms. The molecule has 0 spiro atoms. The highest BCUT2D eigenvalue weighted by atomic mass is 32.2. The molecule has 2 N–H and O–H groups in total. The van der Waals surface area contributed by atoms with E-state index in [4.69, 9.17) is 5.73 Å². The quantitative estimate of drug-likeness (QED) is 0.805. The fourth-order valence-electron chi connectivity index (χ4n) is 1.32. The largest absolute Gasteiger partial charge is 0.329 e. The van der Waals surface area contributed by atoms with Crippen molar-refractivity contribution in [1.29, 1.82) is 0 Å². The van der Waals surface area contributed by atoms with Gasteiger partial charge < -0.3 is 5.73 Å². The normalized spacial score (nSPS) is 15.0. The summed E-state index contributed by atoms with van der Waals surface area (Å²) in [6.07, 6.45) is 0.885. The van der Waals surface area contributed by atoms with Gasteiger partial charge in [-0.2, -0.15) is 0 Å². The third-order valence-corrected chi connectivity index (χ3v) is 4.13. The summed E-state index contributed by atoms with van der Waals surface area (Å²) in [4.78, 5) is 0. The molecule has 0 fully saturated rings. The SMILES string of the molecule is CCC(CN)S(=O)Cc1ccccc1. The average Bonchev–Trinajstić information content (AvgIpc) is 2.21. The van der Waals surface area contributed by atoms with Gasteiger partial charge in [-0.25, -0.2) is 0 Å². The van der Waals surface area contributed by atoms with Crippen LogP contribution in [-0.2, 0) is 16.6 Å². The van der Waals surface area contributed by atoms with Crippen LogP contribution in [0, 0.1) is 0 Å². The molecule has 1 rings (SSSR count). The van der Waals surface area contributed by atoms with Gasteiger partial charge in [0.25, 0.3) is 0 Å². The maximum atomic E-state index is 11.8. The minimum atomic E-state index is -0.834. The second-order valence-corrected chi connectivity index (χ2v) is 4.99. The van der Waals surface area contributed by atoms with Gasteiger partial charge in [-0.3, -0.25) is 4.21 Å². The number of hydrogen-bond donors (Lipinski definition) is 1. The lowest BCUT2D eigenvalue weighted by atomic mass is 10.2. The molecule has 2 atom stereocenters. The molecule has 0 amide bonds. The first kappa shape index (κ1) is 11.4. The van der Waals surface area contributed by atoms with Crippen molar-refractivity contribution >= 4 is 10.8 Å². The lowest BCUT2D eigenvalue weighted by molar-refractivity contribution is 0.663. The van der Waals surface area contributed by atoms with E-state index in [1.165, 1.54) is 0 Å². The van der Waals surface area contributed by atoms with Gasteiger partial charge in [-0.05, 0) is 12.0 Å². The molecule has 0 heterocycles. The van der Waals surface area contributed by atoms with Gasteiger partial charge in [0.05, 0.1) is 0 Å². The van der Waals surface area contributed by atoms with E-state index >= 15 is 0 Å². The second-order valence-electron chi connectivity index (χ2n) is 3.28. The molecule has 0 radical (unpaired) electrons. The van der Waals surface area contributed by atoms with E-state index in [1.807, 2.05) is 37.3 Å².